The second-order valence-corrected chi connectivity index (χ2v) is 5.42. The SMILES string of the molecule is Cc1nn(-c2nc(CNCC(C)C)co2)c(C)c1Cl. The van der Waals surface area contributed by atoms with E-state index in [4.69, 9.17) is 16.0 Å². The van der Waals surface area contributed by atoms with E-state index < -0.39 is 0 Å². The molecule has 0 spiro atoms. The van der Waals surface area contributed by atoms with E-state index in [1.165, 1.54) is 0 Å². The van der Waals surface area contributed by atoms with Crippen LogP contribution >= 0.6 is 11.6 Å². The van der Waals surface area contributed by atoms with Crippen molar-refractivity contribution in [3.05, 3.63) is 28.4 Å². The van der Waals surface area contributed by atoms with Crippen LogP contribution in [0.5, 0.6) is 0 Å². The van der Waals surface area contributed by atoms with Crippen molar-refractivity contribution in [3.8, 4) is 6.01 Å². The van der Waals surface area contributed by atoms with Gasteiger partial charge in [-0.15, -0.1) is 0 Å². The Bertz CT molecular complexity index is 559. The molecule has 0 unspecified atom stereocenters. The zero-order valence-corrected chi connectivity index (χ0v) is 12.5. The number of nitrogens with one attached hydrogen (secondary N) is 1. The van der Waals surface area contributed by atoms with Crippen molar-refractivity contribution in [1.82, 2.24) is 20.1 Å². The van der Waals surface area contributed by atoms with E-state index in [1.807, 2.05) is 13.8 Å². The van der Waals surface area contributed by atoms with Crippen LogP contribution < -0.4 is 5.32 Å². The first-order valence-corrected chi connectivity index (χ1v) is 6.74. The van der Waals surface area contributed by atoms with Gasteiger partial charge in [-0.3, -0.25) is 0 Å². The molecule has 19 heavy (non-hydrogen) atoms. The molecule has 1 N–H and O–H groups in total. The molecule has 2 heterocycles. The molecule has 0 aliphatic carbocycles. The highest BCUT2D eigenvalue weighted by Crippen LogP contribution is 2.21. The van der Waals surface area contributed by atoms with Gasteiger partial charge in [0.2, 0.25) is 0 Å². The monoisotopic (exact) mass is 282 g/mol. The fourth-order valence-corrected chi connectivity index (χ4v) is 1.89. The lowest BCUT2D eigenvalue weighted by molar-refractivity contribution is 0.503. The molecule has 0 amide bonds. The second-order valence-electron chi connectivity index (χ2n) is 5.04. The molecule has 0 aromatic carbocycles. The van der Waals surface area contributed by atoms with Gasteiger partial charge in [0.05, 0.1) is 22.1 Å². The van der Waals surface area contributed by atoms with Crippen LogP contribution in [0.15, 0.2) is 10.7 Å². The molecule has 0 bridgehead atoms. The van der Waals surface area contributed by atoms with Crippen LogP contribution in [0.3, 0.4) is 0 Å². The van der Waals surface area contributed by atoms with Crippen LogP contribution in [0, 0.1) is 19.8 Å². The molecule has 104 valence electrons. The Balaban J connectivity index is 2.10. The average Bonchev–Trinajstić information content (AvgIpc) is 2.90. The van der Waals surface area contributed by atoms with Gasteiger partial charge in [0.1, 0.15) is 6.26 Å². The first-order valence-electron chi connectivity index (χ1n) is 6.36. The van der Waals surface area contributed by atoms with E-state index >= 15 is 0 Å². The summed E-state index contributed by atoms with van der Waals surface area (Å²) in [4.78, 5) is 4.41. The molecule has 2 aromatic rings. The maximum atomic E-state index is 6.11. The van der Waals surface area contributed by atoms with E-state index in [-0.39, 0.29) is 0 Å². The highest BCUT2D eigenvalue weighted by Gasteiger charge is 2.14. The Morgan fingerprint density at radius 1 is 1.42 bits per heavy atom. The van der Waals surface area contributed by atoms with Crippen molar-refractivity contribution in [2.45, 2.75) is 34.2 Å². The number of aromatic nitrogens is 3. The number of rotatable bonds is 5. The molecule has 0 atom stereocenters. The number of halogens is 1. The molecule has 5 nitrogen and oxygen atoms in total. The smallest absolute Gasteiger partial charge is 0.323 e. The molecule has 0 fully saturated rings. The molecule has 0 aliphatic heterocycles. The summed E-state index contributed by atoms with van der Waals surface area (Å²) in [6.07, 6.45) is 1.65. The van der Waals surface area contributed by atoms with Gasteiger partial charge in [-0.2, -0.15) is 14.8 Å². The summed E-state index contributed by atoms with van der Waals surface area (Å²) >= 11 is 6.11. The normalized spacial score (nSPS) is 11.5. The highest BCUT2D eigenvalue weighted by molar-refractivity contribution is 6.31. The summed E-state index contributed by atoms with van der Waals surface area (Å²) in [6.45, 7) is 9.73. The van der Waals surface area contributed by atoms with Crippen LogP contribution in [-0.4, -0.2) is 21.3 Å². The predicted molar refractivity (Wildman–Crippen MR) is 74.7 cm³/mol. The molecular formula is C13H19ClN4O. The Morgan fingerprint density at radius 3 is 2.74 bits per heavy atom. The third-order valence-corrected chi connectivity index (χ3v) is 3.33. The van der Waals surface area contributed by atoms with E-state index in [0.29, 0.717) is 23.5 Å². The zero-order chi connectivity index (χ0) is 14.0. The molecule has 0 saturated heterocycles. The van der Waals surface area contributed by atoms with Gasteiger partial charge >= 0.3 is 6.01 Å². The number of oxazole rings is 1. The van der Waals surface area contributed by atoms with Crippen molar-refractivity contribution in [3.63, 3.8) is 0 Å². The number of aryl methyl sites for hydroxylation is 1. The van der Waals surface area contributed by atoms with Crippen molar-refractivity contribution < 1.29 is 4.42 Å². The summed E-state index contributed by atoms with van der Waals surface area (Å²) in [6, 6.07) is 0.453. The first-order chi connectivity index (χ1) is 8.99. The van der Waals surface area contributed by atoms with Crippen LogP contribution in [0.4, 0.5) is 0 Å². The fraction of sp³-hybridized carbons (Fsp3) is 0.538. The van der Waals surface area contributed by atoms with Gasteiger partial charge < -0.3 is 9.73 Å². The number of nitrogens with zero attached hydrogens (tertiary/aromatic N) is 3. The average molecular weight is 283 g/mol. The van der Waals surface area contributed by atoms with Gasteiger partial charge in [0, 0.05) is 6.54 Å². The summed E-state index contributed by atoms with van der Waals surface area (Å²) in [7, 11) is 0. The third kappa shape index (κ3) is 3.16. The van der Waals surface area contributed by atoms with Gasteiger partial charge in [-0.05, 0) is 26.3 Å². The lowest BCUT2D eigenvalue weighted by Crippen LogP contribution is -2.19. The van der Waals surface area contributed by atoms with E-state index in [1.54, 1.807) is 10.9 Å². The summed E-state index contributed by atoms with van der Waals surface area (Å²) in [5.74, 6) is 0.612. The van der Waals surface area contributed by atoms with Gasteiger partial charge in [0.15, 0.2) is 0 Å². The summed E-state index contributed by atoms with van der Waals surface area (Å²) < 4.78 is 7.08. The summed E-state index contributed by atoms with van der Waals surface area (Å²) in [5, 5.41) is 8.28. The fourth-order valence-electron chi connectivity index (χ4n) is 1.77. The number of hydrogen-bond donors (Lipinski definition) is 1. The quantitative estimate of drug-likeness (QED) is 0.916. The Kier molecular flexibility index (Phi) is 4.27. The maximum Gasteiger partial charge on any atom is 0.323 e. The van der Waals surface area contributed by atoms with Crippen LogP contribution in [0.2, 0.25) is 5.02 Å². The molecule has 0 radical (unpaired) electrons. The topological polar surface area (TPSA) is 55.9 Å². The van der Waals surface area contributed by atoms with Gasteiger partial charge in [-0.25, -0.2) is 0 Å². The Hall–Kier alpha value is -1.33. The van der Waals surface area contributed by atoms with Crippen molar-refractivity contribution in [1.29, 1.82) is 0 Å². The van der Waals surface area contributed by atoms with Crippen molar-refractivity contribution in [2.75, 3.05) is 6.54 Å². The molecule has 0 aliphatic rings. The predicted octanol–water partition coefficient (Wildman–Crippen LogP) is 2.88. The maximum absolute atomic E-state index is 6.11. The first kappa shape index (κ1) is 14.1. The van der Waals surface area contributed by atoms with Crippen molar-refractivity contribution in [2.24, 2.45) is 5.92 Å². The van der Waals surface area contributed by atoms with Crippen LogP contribution in [0.1, 0.15) is 30.9 Å². The van der Waals surface area contributed by atoms with Gasteiger partial charge in [-0.1, -0.05) is 25.4 Å². The van der Waals surface area contributed by atoms with Crippen LogP contribution in [0.25, 0.3) is 6.01 Å². The highest BCUT2D eigenvalue weighted by atomic mass is 35.5. The zero-order valence-electron chi connectivity index (χ0n) is 11.7. The minimum Gasteiger partial charge on any atom is -0.430 e. The lowest BCUT2D eigenvalue weighted by Gasteiger charge is -2.04. The van der Waals surface area contributed by atoms with Gasteiger partial charge in [0.25, 0.3) is 0 Å². The molecule has 2 rings (SSSR count). The minimum atomic E-state index is 0.453. The van der Waals surface area contributed by atoms with Crippen LogP contribution in [-0.2, 0) is 6.54 Å². The van der Waals surface area contributed by atoms with Crippen molar-refractivity contribution >= 4 is 11.6 Å². The third-order valence-electron chi connectivity index (χ3n) is 2.78. The largest absolute Gasteiger partial charge is 0.430 e. The molecule has 6 heteroatoms. The van der Waals surface area contributed by atoms with E-state index in [9.17, 15) is 0 Å². The Labute approximate surface area is 118 Å². The summed E-state index contributed by atoms with van der Waals surface area (Å²) in [5.41, 5.74) is 2.47. The standard InChI is InChI=1S/C13H19ClN4O/c1-8(2)5-15-6-11-7-19-13(16-11)18-10(4)12(14)9(3)17-18/h7-8,15H,5-6H2,1-4H3. The number of hydrogen-bond acceptors (Lipinski definition) is 4. The molecule has 2 aromatic heterocycles. The van der Waals surface area contributed by atoms with E-state index in [0.717, 1.165) is 23.6 Å². The molecular weight excluding hydrogens is 264 g/mol. The van der Waals surface area contributed by atoms with E-state index in [2.05, 4.69) is 29.2 Å². The second kappa shape index (κ2) is 5.75. The molecule has 0 saturated carbocycles. The lowest BCUT2D eigenvalue weighted by atomic mass is 10.2. The minimum absolute atomic E-state index is 0.453. The Morgan fingerprint density at radius 2 is 2.16 bits per heavy atom.